The highest BCUT2D eigenvalue weighted by molar-refractivity contribution is 9.10. The fourth-order valence-electron chi connectivity index (χ4n) is 1.95. The average Bonchev–Trinajstić information content (AvgIpc) is 2.75. The first-order valence-corrected chi connectivity index (χ1v) is 7.04. The summed E-state index contributed by atoms with van der Waals surface area (Å²) in [4.78, 5) is 12.9. The second-order valence-electron chi connectivity index (χ2n) is 4.04. The molecule has 1 aliphatic rings. The first kappa shape index (κ1) is 11.9. The summed E-state index contributed by atoms with van der Waals surface area (Å²) in [5, 5.41) is 1.93. The topological polar surface area (TPSA) is 26.3 Å². The van der Waals surface area contributed by atoms with Crippen LogP contribution in [0.15, 0.2) is 34.1 Å². The number of hydrogen-bond donors (Lipinski definition) is 0. The van der Waals surface area contributed by atoms with Gasteiger partial charge in [0.1, 0.15) is 17.7 Å². The molecule has 3 rings (SSSR count). The molecule has 1 unspecified atom stereocenters. The van der Waals surface area contributed by atoms with Crippen molar-refractivity contribution in [1.29, 1.82) is 0 Å². The third-order valence-electron chi connectivity index (χ3n) is 2.79. The summed E-state index contributed by atoms with van der Waals surface area (Å²) in [5.74, 6) is -0.0684. The van der Waals surface area contributed by atoms with E-state index in [0.29, 0.717) is 17.7 Å². The van der Waals surface area contributed by atoms with Gasteiger partial charge in [0, 0.05) is 20.8 Å². The van der Waals surface area contributed by atoms with Crippen molar-refractivity contribution < 1.29 is 13.9 Å². The molecule has 0 fully saturated rings. The van der Waals surface area contributed by atoms with Crippen molar-refractivity contribution in [1.82, 2.24) is 0 Å². The van der Waals surface area contributed by atoms with Crippen LogP contribution in [0.25, 0.3) is 0 Å². The minimum atomic E-state index is -0.394. The molecule has 0 spiro atoms. The van der Waals surface area contributed by atoms with Gasteiger partial charge in [-0.25, -0.2) is 4.39 Å². The SMILES string of the molecule is O=C1CC(c2cc(Br)cs2)Oc2cc(F)ccc21. The molecule has 92 valence electrons. The summed E-state index contributed by atoms with van der Waals surface area (Å²) in [5.41, 5.74) is 0.461. The molecule has 1 atom stereocenters. The Labute approximate surface area is 116 Å². The number of ether oxygens (including phenoxy) is 1. The molecule has 0 bridgehead atoms. The normalized spacial score (nSPS) is 18.3. The number of Topliss-reactive ketones (excluding diaryl/α,β-unsaturated/α-hetero) is 1. The minimum Gasteiger partial charge on any atom is -0.484 e. The summed E-state index contributed by atoms with van der Waals surface area (Å²) in [6.07, 6.45) is -0.0194. The number of ketones is 1. The first-order valence-electron chi connectivity index (χ1n) is 5.37. The number of rotatable bonds is 1. The smallest absolute Gasteiger partial charge is 0.170 e. The van der Waals surface area contributed by atoms with Gasteiger partial charge in [0.25, 0.3) is 0 Å². The quantitative estimate of drug-likeness (QED) is 0.778. The van der Waals surface area contributed by atoms with Crippen molar-refractivity contribution in [3.63, 3.8) is 0 Å². The third kappa shape index (κ3) is 2.08. The van der Waals surface area contributed by atoms with Gasteiger partial charge in [-0.1, -0.05) is 0 Å². The molecule has 0 N–H and O–H groups in total. The number of hydrogen-bond acceptors (Lipinski definition) is 3. The van der Waals surface area contributed by atoms with Gasteiger partial charge in [-0.15, -0.1) is 11.3 Å². The van der Waals surface area contributed by atoms with Gasteiger partial charge < -0.3 is 4.74 Å². The zero-order valence-corrected chi connectivity index (χ0v) is 11.6. The molecule has 1 aliphatic heterocycles. The first-order chi connectivity index (χ1) is 8.63. The standard InChI is InChI=1S/C13H8BrFO2S/c14-7-3-13(18-6-7)12-5-10(16)9-2-1-8(15)4-11(9)17-12/h1-4,6,12H,5H2. The summed E-state index contributed by atoms with van der Waals surface area (Å²) < 4.78 is 19.8. The number of benzene rings is 1. The van der Waals surface area contributed by atoms with E-state index in [9.17, 15) is 9.18 Å². The Bertz CT molecular complexity index is 623. The molecular weight excluding hydrogens is 319 g/mol. The molecule has 0 saturated heterocycles. The maximum Gasteiger partial charge on any atom is 0.170 e. The number of thiophene rings is 1. The molecular formula is C13H8BrFO2S. The van der Waals surface area contributed by atoms with Crippen LogP contribution in [0.4, 0.5) is 4.39 Å². The summed E-state index contributed by atoms with van der Waals surface area (Å²) in [6, 6.07) is 5.95. The molecule has 5 heteroatoms. The van der Waals surface area contributed by atoms with Crippen molar-refractivity contribution >= 4 is 33.0 Å². The molecule has 1 aromatic heterocycles. The predicted molar refractivity (Wildman–Crippen MR) is 70.7 cm³/mol. The largest absolute Gasteiger partial charge is 0.484 e. The van der Waals surface area contributed by atoms with Crippen LogP contribution in [-0.2, 0) is 0 Å². The molecule has 0 amide bonds. The monoisotopic (exact) mass is 326 g/mol. The van der Waals surface area contributed by atoms with Gasteiger partial charge in [-0.2, -0.15) is 0 Å². The molecule has 1 aromatic carbocycles. The van der Waals surface area contributed by atoms with Crippen LogP contribution in [0, 0.1) is 5.82 Å². The van der Waals surface area contributed by atoms with Crippen molar-refractivity contribution in [3.05, 3.63) is 50.4 Å². The maximum absolute atomic E-state index is 13.2. The zero-order valence-electron chi connectivity index (χ0n) is 9.15. The Morgan fingerprint density at radius 2 is 2.22 bits per heavy atom. The van der Waals surface area contributed by atoms with Crippen molar-refractivity contribution in [3.8, 4) is 5.75 Å². The Balaban J connectivity index is 1.98. The Kier molecular flexibility index (Phi) is 2.95. The van der Waals surface area contributed by atoms with Crippen LogP contribution in [0.3, 0.4) is 0 Å². The molecule has 2 aromatic rings. The maximum atomic E-state index is 13.2. The van der Waals surface area contributed by atoms with E-state index in [-0.39, 0.29) is 11.9 Å². The fourth-order valence-corrected chi connectivity index (χ4v) is 3.43. The van der Waals surface area contributed by atoms with Gasteiger partial charge in [0.2, 0.25) is 0 Å². The van der Waals surface area contributed by atoms with Gasteiger partial charge in [0.05, 0.1) is 12.0 Å². The van der Waals surface area contributed by atoms with Gasteiger partial charge >= 0.3 is 0 Å². The van der Waals surface area contributed by atoms with Crippen LogP contribution in [0.2, 0.25) is 0 Å². The van der Waals surface area contributed by atoms with Crippen LogP contribution in [0.5, 0.6) is 5.75 Å². The van der Waals surface area contributed by atoms with Gasteiger partial charge in [0.15, 0.2) is 5.78 Å². The van der Waals surface area contributed by atoms with E-state index < -0.39 is 5.82 Å². The van der Waals surface area contributed by atoms with E-state index in [2.05, 4.69) is 15.9 Å². The van der Waals surface area contributed by atoms with Crippen LogP contribution >= 0.6 is 27.3 Å². The van der Waals surface area contributed by atoms with Crippen molar-refractivity contribution in [2.75, 3.05) is 0 Å². The molecule has 2 heterocycles. The molecule has 18 heavy (non-hydrogen) atoms. The van der Waals surface area contributed by atoms with Crippen molar-refractivity contribution in [2.45, 2.75) is 12.5 Å². The second-order valence-corrected chi connectivity index (χ2v) is 5.90. The molecule has 0 radical (unpaired) electrons. The number of carbonyl (C=O) groups excluding carboxylic acids is 1. The lowest BCUT2D eigenvalue weighted by molar-refractivity contribution is 0.0853. The Morgan fingerprint density at radius 3 is 2.94 bits per heavy atom. The van der Waals surface area contributed by atoms with Gasteiger partial charge in [-0.05, 0) is 34.1 Å². The highest BCUT2D eigenvalue weighted by atomic mass is 79.9. The number of halogens is 2. The lowest BCUT2D eigenvalue weighted by Crippen LogP contribution is -2.19. The van der Waals surface area contributed by atoms with Crippen LogP contribution in [0.1, 0.15) is 27.8 Å². The van der Waals surface area contributed by atoms with E-state index in [1.807, 2.05) is 11.4 Å². The second kappa shape index (κ2) is 4.48. The highest BCUT2D eigenvalue weighted by Gasteiger charge is 2.28. The number of fused-ring (bicyclic) bond motifs is 1. The molecule has 0 saturated carbocycles. The molecule has 0 aliphatic carbocycles. The van der Waals surface area contributed by atoms with Crippen LogP contribution in [-0.4, -0.2) is 5.78 Å². The van der Waals surface area contributed by atoms with Crippen molar-refractivity contribution in [2.24, 2.45) is 0 Å². The van der Waals surface area contributed by atoms with E-state index in [1.54, 1.807) is 0 Å². The van der Waals surface area contributed by atoms with E-state index in [4.69, 9.17) is 4.74 Å². The van der Waals surface area contributed by atoms with Crippen LogP contribution < -0.4 is 4.74 Å². The van der Waals surface area contributed by atoms with Gasteiger partial charge in [-0.3, -0.25) is 4.79 Å². The highest BCUT2D eigenvalue weighted by Crippen LogP contribution is 2.38. The average molecular weight is 327 g/mol. The summed E-state index contributed by atoms with van der Waals surface area (Å²) in [6.45, 7) is 0. The lowest BCUT2D eigenvalue weighted by Gasteiger charge is -2.24. The van der Waals surface area contributed by atoms with E-state index >= 15 is 0 Å². The fraction of sp³-hybridized carbons (Fsp3) is 0.154. The number of carbonyl (C=O) groups is 1. The minimum absolute atomic E-state index is 0.00854. The Morgan fingerprint density at radius 1 is 1.39 bits per heavy atom. The molecule has 2 nitrogen and oxygen atoms in total. The third-order valence-corrected chi connectivity index (χ3v) is 4.57. The summed E-state index contributed by atoms with van der Waals surface area (Å²) >= 11 is 4.89. The predicted octanol–water partition coefficient (Wildman–Crippen LogP) is 4.36. The van der Waals surface area contributed by atoms with E-state index in [1.165, 1.54) is 29.5 Å². The van der Waals surface area contributed by atoms with E-state index in [0.717, 1.165) is 9.35 Å². The summed E-state index contributed by atoms with van der Waals surface area (Å²) in [7, 11) is 0. The Hall–Kier alpha value is -1.20. The lowest BCUT2D eigenvalue weighted by atomic mass is 10.00. The zero-order chi connectivity index (χ0) is 12.7.